The van der Waals surface area contributed by atoms with E-state index in [-0.39, 0.29) is 0 Å². The standard InChI is InChI=1S/C16H17N3/c1-13-9-11-19-16(15(13)12-17)18-10-5-8-14-6-3-2-4-7-14/h2-4,6-7,9,11H,5,8,10H2,1H3,(H,18,19). The van der Waals surface area contributed by atoms with Crippen molar-refractivity contribution in [2.24, 2.45) is 0 Å². The Morgan fingerprint density at radius 3 is 2.74 bits per heavy atom. The lowest BCUT2D eigenvalue weighted by atomic mass is 10.1. The van der Waals surface area contributed by atoms with Crippen LogP contribution in [0.25, 0.3) is 0 Å². The van der Waals surface area contributed by atoms with E-state index in [1.54, 1.807) is 6.20 Å². The fourth-order valence-corrected chi connectivity index (χ4v) is 1.98. The third-order valence-electron chi connectivity index (χ3n) is 3.05. The maximum atomic E-state index is 9.10. The monoisotopic (exact) mass is 251 g/mol. The van der Waals surface area contributed by atoms with Crippen molar-refractivity contribution in [2.75, 3.05) is 11.9 Å². The van der Waals surface area contributed by atoms with E-state index in [1.807, 2.05) is 19.1 Å². The van der Waals surface area contributed by atoms with Crippen molar-refractivity contribution in [3.63, 3.8) is 0 Å². The van der Waals surface area contributed by atoms with Crippen LogP contribution >= 0.6 is 0 Å². The molecule has 0 aliphatic heterocycles. The van der Waals surface area contributed by atoms with Crippen LogP contribution in [-0.2, 0) is 6.42 Å². The highest BCUT2D eigenvalue weighted by molar-refractivity contribution is 5.55. The van der Waals surface area contributed by atoms with Crippen LogP contribution in [0.15, 0.2) is 42.6 Å². The van der Waals surface area contributed by atoms with Crippen molar-refractivity contribution >= 4 is 5.82 Å². The second-order valence-corrected chi connectivity index (χ2v) is 4.48. The first-order valence-electron chi connectivity index (χ1n) is 6.45. The van der Waals surface area contributed by atoms with Crippen LogP contribution in [0, 0.1) is 18.3 Å². The lowest BCUT2D eigenvalue weighted by Crippen LogP contribution is -2.07. The summed E-state index contributed by atoms with van der Waals surface area (Å²) < 4.78 is 0. The summed E-state index contributed by atoms with van der Waals surface area (Å²) in [7, 11) is 0. The van der Waals surface area contributed by atoms with Gasteiger partial charge in [-0.25, -0.2) is 4.98 Å². The van der Waals surface area contributed by atoms with Gasteiger partial charge in [0.05, 0.1) is 5.56 Å². The SMILES string of the molecule is Cc1ccnc(NCCCc2ccccc2)c1C#N. The molecule has 19 heavy (non-hydrogen) atoms. The van der Waals surface area contributed by atoms with Crippen molar-refractivity contribution in [1.29, 1.82) is 5.26 Å². The predicted octanol–water partition coefficient (Wildman–Crippen LogP) is 3.31. The third-order valence-corrected chi connectivity index (χ3v) is 3.05. The number of aromatic nitrogens is 1. The van der Waals surface area contributed by atoms with Crippen LogP contribution in [0.2, 0.25) is 0 Å². The molecule has 0 bridgehead atoms. The lowest BCUT2D eigenvalue weighted by Gasteiger charge is -2.08. The number of nitrogens with zero attached hydrogens (tertiary/aromatic N) is 2. The van der Waals surface area contributed by atoms with Gasteiger partial charge in [-0.15, -0.1) is 0 Å². The summed E-state index contributed by atoms with van der Waals surface area (Å²) in [4.78, 5) is 4.22. The Labute approximate surface area is 113 Å². The normalized spacial score (nSPS) is 9.89. The molecule has 0 atom stereocenters. The van der Waals surface area contributed by atoms with Gasteiger partial charge >= 0.3 is 0 Å². The van der Waals surface area contributed by atoms with Gasteiger partial charge < -0.3 is 5.32 Å². The molecule has 1 aromatic carbocycles. The average Bonchev–Trinajstić information content (AvgIpc) is 2.45. The Hall–Kier alpha value is -2.34. The molecule has 0 unspecified atom stereocenters. The maximum Gasteiger partial charge on any atom is 0.144 e. The van der Waals surface area contributed by atoms with E-state index in [1.165, 1.54) is 5.56 Å². The summed E-state index contributed by atoms with van der Waals surface area (Å²) in [5.41, 5.74) is 2.94. The molecule has 0 aliphatic rings. The number of hydrogen-bond acceptors (Lipinski definition) is 3. The predicted molar refractivity (Wildman–Crippen MR) is 76.9 cm³/mol. The summed E-state index contributed by atoms with van der Waals surface area (Å²) in [5.74, 6) is 0.690. The average molecular weight is 251 g/mol. The molecule has 0 amide bonds. The summed E-state index contributed by atoms with van der Waals surface area (Å²) in [6.45, 7) is 2.75. The van der Waals surface area contributed by atoms with E-state index in [2.05, 4.69) is 40.6 Å². The number of rotatable bonds is 5. The van der Waals surface area contributed by atoms with Crippen molar-refractivity contribution in [3.8, 4) is 6.07 Å². The Morgan fingerprint density at radius 1 is 1.21 bits per heavy atom. The lowest BCUT2D eigenvalue weighted by molar-refractivity contribution is 0.858. The molecular formula is C16H17N3. The summed E-state index contributed by atoms with van der Waals surface area (Å²) in [6.07, 6.45) is 3.78. The minimum Gasteiger partial charge on any atom is -0.369 e. The Morgan fingerprint density at radius 2 is 2.00 bits per heavy atom. The molecule has 0 radical (unpaired) electrons. The quantitative estimate of drug-likeness (QED) is 0.829. The van der Waals surface area contributed by atoms with Crippen LogP contribution in [0.1, 0.15) is 23.1 Å². The van der Waals surface area contributed by atoms with Gasteiger partial charge in [-0.2, -0.15) is 5.26 Å². The number of pyridine rings is 1. The number of nitrogens with one attached hydrogen (secondary N) is 1. The first-order chi connectivity index (χ1) is 9.31. The Balaban J connectivity index is 1.87. The summed E-state index contributed by atoms with van der Waals surface area (Å²) in [6, 6.07) is 14.4. The number of nitriles is 1. The van der Waals surface area contributed by atoms with Crippen molar-refractivity contribution < 1.29 is 0 Å². The summed E-state index contributed by atoms with van der Waals surface area (Å²) in [5, 5.41) is 12.3. The first-order valence-corrected chi connectivity index (χ1v) is 6.45. The molecule has 1 N–H and O–H groups in total. The Kier molecular flexibility index (Phi) is 4.52. The van der Waals surface area contributed by atoms with E-state index in [0.29, 0.717) is 11.4 Å². The Bertz CT molecular complexity index is 570. The van der Waals surface area contributed by atoms with Gasteiger partial charge in [0.25, 0.3) is 0 Å². The van der Waals surface area contributed by atoms with Gasteiger partial charge in [0.15, 0.2) is 0 Å². The van der Waals surface area contributed by atoms with Crippen LogP contribution in [-0.4, -0.2) is 11.5 Å². The number of benzene rings is 1. The van der Waals surface area contributed by atoms with E-state index >= 15 is 0 Å². The van der Waals surface area contributed by atoms with Gasteiger partial charge in [-0.1, -0.05) is 30.3 Å². The van der Waals surface area contributed by atoms with Crippen LogP contribution in [0.3, 0.4) is 0 Å². The smallest absolute Gasteiger partial charge is 0.144 e. The largest absolute Gasteiger partial charge is 0.369 e. The highest BCUT2D eigenvalue weighted by atomic mass is 15.0. The minimum atomic E-state index is 0.641. The number of hydrogen-bond donors (Lipinski definition) is 1. The van der Waals surface area contributed by atoms with E-state index in [4.69, 9.17) is 5.26 Å². The molecule has 3 nitrogen and oxygen atoms in total. The molecule has 2 rings (SSSR count). The molecule has 1 heterocycles. The number of anilines is 1. The molecule has 0 aliphatic carbocycles. The van der Waals surface area contributed by atoms with Crippen molar-refractivity contribution in [1.82, 2.24) is 4.98 Å². The fraction of sp³-hybridized carbons (Fsp3) is 0.250. The molecule has 1 aromatic heterocycles. The number of aryl methyl sites for hydroxylation is 2. The zero-order chi connectivity index (χ0) is 13.5. The molecule has 0 saturated carbocycles. The van der Waals surface area contributed by atoms with Crippen LogP contribution in [0.5, 0.6) is 0 Å². The highest BCUT2D eigenvalue weighted by Gasteiger charge is 2.05. The van der Waals surface area contributed by atoms with E-state index < -0.39 is 0 Å². The molecule has 0 spiro atoms. The molecule has 3 heteroatoms. The van der Waals surface area contributed by atoms with Crippen LogP contribution in [0.4, 0.5) is 5.82 Å². The van der Waals surface area contributed by atoms with Crippen LogP contribution < -0.4 is 5.32 Å². The van der Waals surface area contributed by atoms with Gasteiger partial charge in [0.2, 0.25) is 0 Å². The van der Waals surface area contributed by atoms with Crippen molar-refractivity contribution in [2.45, 2.75) is 19.8 Å². The third kappa shape index (κ3) is 3.56. The fourth-order valence-electron chi connectivity index (χ4n) is 1.98. The zero-order valence-corrected chi connectivity index (χ0v) is 11.1. The maximum absolute atomic E-state index is 9.10. The molecular weight excluding hydrogens is 234 g/mol. The zero-order valence-electron chi connectivity index (χ0n) is 11.1. The molecule has 2 aromatic rings. The topological polar surface area (TPSA) is 48.7 Å². The minimum absolute atomic E-state index is 0.641. The molecule has 0 saturated heterocycles. The second-order valence-electron chi connectivity index (χ2n) is 4.48. The summed E-state index contributed by atoms with van der Waals surface area (Å²) >= 11 is 0. The van der Waals surface area contributed by atoms with Gasteiger partial charge in [-0.05, 0) is 37.0 Å². The van der Waals surface area contributed by atoms with Crippen molar-refractivity contribution in [3.05, 3.63) is 59.3 Å². The van der Waals surface area contributed by atoms with Gasteiger partial charge in [0, 0.05) is 12.7 Å². The van der Waals surface area contributed by atoms with E-state index in [9.17, 15) is 0 Å². The molecule has 96 valence electrons. The van der Waals surface area contributed by atoms with Gasteiger partial charge in [0.1, 0.15) is 11.9 Å². The highest BCUT2D eigenvalue weighted by Crippen LogP contribution is 2.15. The van der Waals surface area contributed by atoms with E-state index in [0.717, 1.165) is 24.9 Å². The molecule has 0 fully saturated rings. The first kappa shape index (κ1) is 13.1. The second kappa shape index (κ2) is 6.55. The van der Waals surface area contributed by atoms with Gasteiger partial charge in [-0.3, -0.25) is 0 Å².